The lowest BCUT2D eigenvalue weighted by atomic mass is 10.1. The summed E-state index contributed by atoms with van der Waals surface area (Å²) >= 11 is 0. The number of nitrogens with one attached hydrogen (secondary N) is 1. The molecule has 2 aromatic rings. The number of carbonyl (C=O) groups excluding carboxylic acids is 1. The molecular formula is C18H21N3O3. The van der Waals surface area contributed by atoms with Crippen LogP contribution in [0.1, 0.15) is 6.92 Å². The molecule has 0 saturated heterocycles. The summed E-state index contributed by atoms with van der Waals surface area (Å²) in [7, 11) is 1.61. The summed E-state index contributed by atoms with van der Waals surface area (Å²) in [5.74, 6) is 1.41. The van der Waals surface area contributed by atoms with Crippen molar-refractivity contribution in [1.29, 1.82) is 0 Å². The van der Waals surface area contributed by atoms with E-state index < -0.39 is 0 Å². The SMILES string of the molecule is COc1ccc(NC(=O)C(C)N2CCOc3ccc(N)cc32)cc1. The van der Waals surface area contributed by atoms with Gasteiger partial charge in [0.25, 0.3) is 0 Å². The molecule has 24 heavy (non-hydrogen) atoms. The number of anilines is 3. The highest BCUT2D eigenvalue weighted by Gasteiger charge is 2.27. The van der Waals surface area contributed by atoms with E-state index in [1.807, 2.05) is 48.2 Å². The van der Waals surface area contributed by atoms with Gasteiger partial charge in [0.1, 0.15) is 24.1 Å². The Morgan fingerprint density at radius 1 is 1.29 bits per heavy atom. The zero-order valence-electron chi connectivity index (χ0n) is 13.8. The molecule has 0 spiro atoms. The van der Waals surface area contributed by atoms with Gasteiger partial charge in [-0.05, 0) is 49.4 Å². The van der Waals surface area contributed by atoms with Gasteiger partial charge >= 0.3 is 0 Å². The van der Waals surface area contributed by atoms with E-state index in [0.29, 0.717) is 18.8 Å². The van der Waals surface area contributed by atoms with Crippen LogP contribution in [0.2, 0.25) is 0 Å². The second-order valence-electron chi connectivity index (χ2n) is 5.66. The van der Waals surface area contributed by atoms with Crippen molar-refractivity contribution < 1.29 is 14.3 Å². The van der Waals surface area contributed by atoms with E-state index in [4.69, 9.17) is 15.2 Å². The van der Waals surface area contributed by atoms with E-state index >= 15 is 0 Å². The molecule has 0 aromatic heterocycles. The summed E-state index contributed by atoms with van der Waals surface area (Å²) in [6.45, 7) is 3.04. The molecule has 1 atom stereocenters. The molecule has 1 aliphatic heterocycles. The quantitative estimate of drug-likeness (QED) is 0.844. The number of benzene rings is 2. The standard InChI is InChI=1S/C18H21N3O3/c1-12(18(22)20-14-4-6-15(23-2)7-5-14)21-9-10-24-17-8-3-13(19)11-16(17)21/h3-8,11-12H,9-10,19H2,1-2H3,(H,20,22). The van der Waals surface area contributed by atoms with E-state index in [0.717, 1.165) is 22.9 Å². The molecule has 0 bridgehead atoms. The van der Waals surface area contributed by atoms with Gasteiger partial charge in [0.05, 0.1) is 19.3 Å². The number of ether oxygens (including phenoxy) is 2. The minimum absolute atomic E-state index is 0.0876. The zero-order chi connectivity index (χ0) is 17.1. The van der Waals surface area contributed by atoms with Gasteiger partial charge < -0.3 is 25.4 Å². The highest BCUT2D eigenvalue weighted by Crippen LogP contribution is 2.34. The van der Waals surface area contributed by atoms with Gasteiger partial charge in [-0.3, -0.25) is 4.79 Å². The van der Waals surface area contributed by atoms with Crippen molar-refractivity contribution in [2.75, 3.05) is 36.2 Å². The fourth-order valence-corrected chi connectivity index (χ4v) is 2.72. The number of nitrogen functional groups attached to an aromatic ring is 1. The first-order valence-electron chi connectivity index (χ1n) is 7.82. The third-order valence-corrected chi connectivity index (χ3v) is 4.09. The lowest BCUT2D eigenvalue weighted by molar-refractivity contribution is -0.117. The van der Waals surface area contributed by atoms with Crippen LogP contribution in [0.25, 0.3) is 0 Å². The number of methoxy groups -OCH3 is 1. The largest absolute Gasteiger partial charge is 0.497 e. The third kappa shape index (κ3) is 3.22. The molecule has 1 amide bonds. The Morgan fingerprint density at radius 3 is 2.75 bits per heavy atom. The van der Waals surface area contributed by atoms with E-state index in [9.17, 15) is 4.79 Å². The van der Waals surface area contributed by atoms with Gasteiger partial charge in [-0.2, -0.15) is 0 Å². The first kappa shape index (κ1) is 16.0. The molecule has 1 heterocycles. The topological polar surface area (TPSA) is 76.8 Å². The van der Waals surface area contributed by atoms with E-state index in [2.05, 4.69) is 5.32 Å². The van der Waals surface area contributed by atoms with Crippen LogP contribution >= 0.6 is 0 Å². The van der Waals surface area contributed by atoms with Gasteiger partial charge in [0, 0.05) is 11.4 Å². The number of carbonyl (C=O) groups is 1. The molecule has 0 fully saturated rings. The lowest BCUT2D eigenvalue weighted by Gasteiger charge is -2.35. The Labute approximate surface area is 141 Å². The maximum atomic E-state index is 12.6. The van der Waals surface area contributed by atoms with Gasteiger partial charge in [0.2, 0.25) is 5.91 Å². The molecule has 1 aliphatic rings. The van der Waals surface area contributed by atoms with Gasteiger partial charge in [0.15, 0.2) is 0 Å². The van der Waals surface area contributed by atoms with E-state index in [1.165, 1.54) is 0 Å². The summed E-state index contributed by atoms with van der Waals surface area (Å²) in [5, 5.41) is 2.93. The number of amides is 1. The van der Waals surface area contributed by atoms with Crippen LogP contribution in [0.15, 0.2) is 42.5 Å². The Hall–Kier alpha value is -2.89. The predicted molar refractivity (Wildman–Crippen MR) is 94.8 cm³/mol. The number of hydrogen-bond donors (Lipinski definition) is 2. The minimum Gasteiger partial charge on any atom is -0.497 e. The molecule has 6 heteroatoms. The minimum atomic E-state index is -0.350. The fraction of sp³-hybridized carbons (Fsp3) is 0.278. The van der Waals surface area contributed by atoms with Crippen LogP contribution in [0.5, 0.6) is 11.5 Å². The van der Waals surface area contributed by atoms with Crippen LogP contribution < -0.4 is 25.4 Å². The average Bonchev–Trinajstić information content (AvgIpc) is 2.61. The van der Waals surface area contributed by atoms with Gasteiger partial charge in [-0.25, -0.2) is 0 Å². The van der Waals surface area contributed by atoms with Crippen molar-refractivity contribution in [2.45, 2.75) is 13.0 Å². The highest BCUT2D eigenvalue weighted by atomic mass is 16.5. The first-order valence-corrected chi connectivity index (χ1v) is 7.82. The summed E-state index contributed by atoms with van der Waals surface area (Å²) in [6, 6.07) is 12.4. The second kappa shape index (κ2) is 6.70. The van der Waals surface area contributed by atoms with Crippen LogP contribution in [0.3, 0.4) is 0 Å². The Balaban J connectivity index is 1.75. The van der Waals surface area contributed by atoms with Gasteiger partial charge in [-0.15, -0.1) is 0 Å². The number of nitrogens with zero attached hydrogens (tertiary/aromatic N) is 1. The van der Waals surface area contributed by atoms with Crippen LogP contribution in [0, 0.1) is 0 Å². The van der Waals surface area contributed by atoms with Crippen LogP contribution in [0.4, 0.5) is 17.1 Å². The molecule has 0 saturated carbocycles. The van der Waals surface area contributed by atoms with Crippen molar-refractivity contribution in [3.63, 3.8) is 0 Å². The second-order valence-corrected chi connectivity index (χ2v) is 5.66. The number of fused-ring (bicyclic) bond motifs is 1. The number of rotatable bonds is 4. The zero-order valence-corrected chi connectivity index (χ0v) is 13.8. The Morgan fingerprint density at radius 2 is 2.04 bits per heavy atom. The van der Waals surface area contributed by atoms with Gasteiger partial charge in [-0.1, -0.05) is 0 Å². The van der Waals surface area contributed by atoms with Crippen LogP contribution in [-0.4, -0.2) is 32.2 Å². The molecule has 126 valence electrons. The van der Waals surface area contributed by atoms with Crippen molar-refractivity contribution >= 4 is 23.0 Å². The normalized spacial score (nSPS) is 14.3. The summed E-state index contributed by atoms with van der Waals surface area (Å²) in [6.07, 6.45) is 0. The third-order valence-electron chi connectivity index (χ3n) is 4.09. The number of nitrogens with two attached hydrogens (primary N) is 1. The highest BCUT2D eigenvalue weighted by molar-refractivity contribution is 5.97. The molecule has 3 rings (SSSR count). The lowest BCUT2D eigenvalue weighted by Crippen LogP contribution is -2.46. The smallest absolute Gasteiger partial charge is 0.246 e. The monoisotopic (exact) mass is 327 g/mol. The molecule has 6 nitrogen and oxygen atoms in total. The maximum absolute atomic E-state index is 12.6. The molecule has 2 aromatic carbocycles. The summed E-state index contributed by atoms with van der Waals surface area (Å²) in [5.41, 5.74) is 8.10. The molecule has 3 N–H and O–H groups in total. The summed E-state index contributed by atoms with van der Waals surface area (Å²) < 4.78 is 10.8. The van der Waals surface area contributed by atoms with Crippen LogP contribution in [-0.2, 0) is 4.79 Å². The Bertz CT molecular complexity index is 731. The molecular weight excluding hydrogens is 306 g/mol. The van der Waals surface area contributed by atoms with Crippen molar-refractivity contribution in [2.24, 2.45) is 0 Å². The van der Waals surface area contributed by atoms with Crippen molar-refractivity contribution in [1.82, 2.24) is 0 Å². The Kier molecular flexibility index (Phi) is 4.46. The van der Waals surface area contributed by atoms with E-state index in [-0.39, 0.29) is 11.9 Å². The number of hydrogen-bond acceptors (Lipinski definition) is 5. The predicted octanol–water partition coefficient (Wildman–Crippen LogP) is 2.50. The van der Waals surface area contributed by atoms with Crippen molar-refractivity contribution in [3.8, 4) is 11.5 Å². The molecule has 0 radical (unpaired) electrons. The average molecular weight is 327 g/mol. The fourth-order valence-electron chi connectivity index (χ4n) is 2.72. The first-order chi connectivity index (χ1) is 11.6. The maximum Gasteiger partial charge on any atom is 0.246 e. The molecule has 1 unspecified atom stereocenters. The summed E-state index contributed by atoms with van der Waals surface area (Å²) in [4.78, 5) is 14.6. The molecule has 0 aliphatic carbocycles. The van der Waals surface area contributed by atoms with E-state index in [1.54, 1.807) is 13.2 Å². The van der Waals surface area contributed by atoms with Crippen molar-refractivity contribution in [3.05, 3.63) is 42.5 Å².